The first-order valence-corrected chi connectivity index (χ1v) is 5.23. The molecule has 1 saturated carbocycles. The largest absolute Gasteiger partial charge is 0.481 e. The minimum atomic E-state index is -1.13. The van der Waals surface area contributed by atoms with E-state index < -0.39 is 23.0 Å². The fourth-order valence-corrected chi connectivity index (χ4v) is 2.20. The molecule has 0 amide bonds. The average molecular weight is 247 g/mol. The average Bonchev–Trinajstić information content (AvgIpc) is 2.11. The van der Waals surface area contributed by atoms with Gasteiger partial charge in [-0.15, -0.1) is 0 Å². The molecule has 0 unspecified atom stereocenters. The highest BCUT2D eigenvalue weighted by molar-refractivity contribution is 6.30. The number of carboxylic acids is 1. The lowest BCUT2D eigenvalue weighted by molar-refractivity contribution is -0.147. The first-order valence-electron chi connectivity index (χ1n) is 4.86. The highest BCUT2D eigenvalue weighted by Crippen LogP contribution is 2.45. The zero-order valence-corrected chi connectivity index (χ0v) is 9.02. The first-order chi connectivity index (χ1) is 7.47. The molecule has 1 fully saturated rings. The molecule has 5 heteroatoms. The molecule has 0 saturated heterocycles. The van der Waals surface area contributed by atoms with Crippen LogP contribution in [0, 0.1) is 11.6 Å². The van der Waals surface area contributed by atoms with Gasteiger partial charge in [0.2, 0.25) is 0 Å². The number of halogens is 3. The lowest BCUT2D eigenvalue weighted by atomic mass is 9.64. The summed E-state index contributed by atoms with van der Waals surface area (Å²) in [7, 11) is 0. The second-order valence-corrected chi connectivity index (χ2v) is 4.40. The molecule has 2 nitrogen and oxygen atoms in total. The highest BCUT2D eigenvalue weighted by Gasteiger charge is 2.46. The third-order valence-electron chi connectivity index (χ3n) is 3.15. The lowest BCUT2D eigenvalue weighted by Gasteiger charge is -2.38. The Morgan fingerprint density at radius 1 is 1.38 bits per heavy atom. The summed E-state index contributed by atoms with van der Waals surface area (Å²) in [5.74, 6) is -3.25. The molecule has 1 N–H and O–H groups in total. The quantitative estimate of drug-likeness (QED) is 0.814. The van der Waals surface area contributed by atoms with Crippen molar-refractivity contribution in [1.29, 1.82) is 0 Å². The summed E-state index contributed by atoms with van der Waals surface area (Å²) >= 11 is 5.50. The van der Waals surface area contributed by atoms with Crippen molar-refractivity contribution >= 4 is 17.6 Å². The van der Waals surface area contributed by atoms with E-state index in [0.717, 1.165) is 12.5 Å². The van der Waals surface area contributed by atoms with Gasteiger partial charge in [0, 0.05) is 0 Å². The van der Waals surface area contributed by atoms with Gasteiger partial charge in [0.1, 0.15) is 0 Å². The van der Waals surface area contributed by atoms with Gasteiger partial charge >= 0.3 is 5.97 Å². The van der Waals surface area contributed by atoms with Gasteiger partial charge in [-0.25, -0.2) is 8.78 Å². The summed E-state index contributed by atoms with van der Waals surface area (Å²) in [5, 5.41) is 8.76. The van der Waals surface area contributed by atoms with Crippen LogP contribution in [0.1, 0.15) is 24.8 Å². The number of aliphatic carboxylic acids is 1. The van der Waals surface area contributed by atoms with Crippen molar-refractivity contribution in [1.82, 2.24) is 0 Å². The Morgan fingerprint density at radius 2 is 2.00 bits per heavy atom. The molecule has 0 atom stereocenters. The Kier molecular flexibility index (Phi) is 2.62. The fraction of sp³-hybridized carbons (Fsp3) is 0.364. The highest BCUT2D eigenvalue weighted by atomic mass is 35.5. The molecule has 1 aromatic carbocycles. The molecule has 0 heterocycles. The van der Waals surface area contributed by atoms with Crippen LogP contribution in [-0.4, -0.2) is 11.1 Å². The molecule has 0 spiro atoms. The maximum atomic E-state index is 13.1. The third kappa shape index (κ3) is 1.48. The van der Waals surface area contributed by atoms with Crippen LogP contribution in [0.4, 0.5) is 8.78 Å². The van der Waals surface area contributed by atoms with Gasteiger partial charge in [0.25, 0.3) is 0 Å². The van der Waals surface area contributed by atoms with Crippen molar-refractivity contribution in [3.63, 3.8) is 0 Å². The van der Waals surface area contributed by atoms with Gasteiger partial charge in [0.15, 0.2) is 11.6 Å². The first kappa shape index (κ1) is 11.3. The topological polar surface area (TPSA) is 37.3 Å². The number of carboxylic acid groups (broad SMARTS) is 1. The Balaban J connectivity index is 2.52. The summed E-state index contributed by atoms with van der Waals surface area (Å²) in [6.07, 6.45) is 1.64. The Morgan fingerprint density at radius 3 is 2.38 bits per heavy atom. The predicted molar refractivity (Wildman–Crippen MR) is 54.5 cm³/mol. The second kappa shape index (κ2) is 3.70. The van der Waals surface area contributed by atoms with E-state index in [4.69, 9.17) is 16.7 Å². The molecule has 1 aliphatic rings. The van der Waals surface area contributed by atoms with Crippen LogP contribution in [0.2, 0.25) is 5.02 Å². The molecule has 16 heavy (non-hydrogen) atoms. The van der Waals surface area contributed by atoms with Gasteiger partial charge in [-0.2, -0.15) is 0 Å². The van der Waals surface area contributed by atoms with Crippen molar-refractivity contribution in [2.45, 2.75) is 24.7 Å². The van der Waals surface area contributed by atoms with E-state index in [1.165, 1.54) is 6.07 Å². The summed E-state index contributed by atoms with van der Waals surface area (Å²) < 4.78 is 26.1. The van der Waals surface area contributed by atoms with E-state index in [1.54, 1.807) is 0 Å². The molecule has 1 aliphatic carbocycles. The SMILES string of the molecule is O=C(O)C1(c2cc(F)c(F)c(Cl)c2)CCC1. The van der Waals surface area contributed by atoms with E-state index in [9.17, 15) is 13.6 Å². The normalized spacial score (nSPS) is 17.9. The van der Waals surface area contributed by atoms with E-state index in [1.807, 2.05) is 0 Å². The Labute approximate surface area is 95.8 Å². The molecule has 0 aromatic heterocycles. The van der Waals surface area contributed by atoms with E-state index >= 15 is 0 Å². The van der Waals surface area contributed by atoms with Gasteiger partial charge in [0.05, 0.1) is 10.4 Å². The van der Waals surface area contributed by atoms with Crippen LogP contribution in [0.5, 0.6) is 0 Å². The second-order valence-electron chi connectivity index (χ2n) is 3.99. The Hall–Kier alpha value is -1.16. The van der Waals surface area contributed by atoms with Gasteiger partial charge in [-0.1, -0.05) is 18.0 Å². The third-order valence-corrected chi connectivity index (χ3v) is 3.43. The van der Waals surface area contributed by atoms with Gasteiger partial charge in [-0.05, 0) is 30.5 Å². The fourth-order valence-electron chi connectivity index (χ4n) is 1.99. The van der Waals surface area contributed by atoms with Crippen molar-refractivity contribution in [3.05, 3.63) is 34.4 Å². The van der Waals surface area contributed by atoms with Crippen LogP contribution in [0.3, 0.4) is 0 Å². The van der Waals surface area contributed by atoms with Gasteiger partial charge < -0.3 is 5.11 Å². The van der Waals surface area contributed by atoms with Crippen LogP contribution in [0.25, 0.3) is 0 Å². The monoisotopic (exact) mass is 246 g/mol. The molecule has 86 valence electrons. The van der Waals surface area contributed by atoms with Crippen LogP contribution in [-0.2, 0) is 10.2 Å². The molecule has 0 bridgehead atoms. The maximum Gasteiger partial charge on any atom is 0.314 e. The van der Waals surface area contributed by atoms with Crippen molar-refractivity contribution < 1.29 is 18.7 Å². The van der Waals surface area contributed by atoms with Crippen LogP contribution in [0.15, 0.2) is 12.1 Å². The van der Waals surface area contributed by atoms with E-state index in [0.29, 0.717) is 12.8 Å². The van der Waals surface area contributed by atoms with Crippen molar-refractivity contribution in [2.75, 3.05) is 0 Å². The molecule has 0 radical (unpaired) electrons. The summed E-state index contributed by atoms with van der Waals surface area (Å²) in [4.78, 5) is 11.2. The van der Waals surface area contributed by atoms with Crippen molar-refractivity contribution in [2.24, 2.45) is 0 Å². The number of hydrogen-bond donors (Lipinski definition) is 1. The summed E-state index contributed by atoms with van der Waals surface area (Å²) in [6.45, 7) is 0. The van der Waals surface area contributed by atoms with Crippen molar-refractivity contribution in [3.8, 4) is 0 Å². The smallest absolute Gasteiger partial charge is 0.314 e. The summed E-state index contributed by atoms with van der Waals surface area (Å²) in [5.41, 5.74) is -0.840. The number of carbonyl (C=O) groups is 1. The molecule has 1 aromatic rings. The molecule has 0 aliphatic heterocycles. The number of hydrogen-bond acceptors (Lipinski definition) is 1. The van der Waals surface area contributed by atoms with E-state index in [2.05, 4.69) is 0 Å². The predicted octanol–water partition coefficient (Wildman–Crippen LogP) is 3.12. The molecule has 2 rings (SSSR count). The standard InChI is InChI=1S/C11H9ClF2O2/c12-7-4-6(5-8(13)9(7)14)11(10(15)16)2-1-3-11/h4-5H,1-3H2,(H,15,16). The minimum Gasteiger partial charge on any atom is -0.481 e. The summed E-state index contributed by atoms with van der Waals surface area (Å²) in [6, 6.07) is 2.13. The van der Waals surface area contributed by atoms with Crippen LogP contribution >= 0.6 is 11.6 Å². The zero-order chi connectivity index (χ0) is 11.9. The Bertz CT molecular complexity index is 432. The lowest BCUT2D eigenvalue weighted by Crippen LogP contribution is -2.42. The van der Waals surface area contributed by atoms with Gasteiger partial charge in [-0.3, -0.25) is 4.79 Å². The zero-order valence-electron chi connectivity index (χ0n) is 8.27. The van der Waals surface area contributed by atoms with E-state index in [-0.39, 0.29) is 10.6 Å². The maximum absolute atomic E-state index is 13.1. The van der Waals surface area contributed by atoms with Crippen LogP contribution < -0.4 is 0 Å². The minimum absolute atomic E-state index is 0.246. The number of rotatable bonds is 2. The molecular formula is C11H9ClF2O2. The number of benzene rings is 1. The molecular weight excluding hydrogens is 238 g/mol.